The van der Waals surface area contributed by atoms with Crippen LogP contribution in [0.5, 0.6) is 17.2 Å². The molecule has 0 atom stereocenters. The molecule has 1 heterocycles. The van der Waals surface area contributed by atoms with Gasteiger partial charge in [0.1, 0.15) is 5.82 Å². The topological polar surface area (TPSA) is 45.5 Å². The Hall–Kier alpha value is -3.16. The number of ether oxygens (including phenoxy) is 3. The molecule has 5 nitrogen and oxygen atoms in total. The highest BCUT2D eigenvalue weighted by molar-refractivity contribution is 5.81. The molecule has 0 saturated heterocycles. The Morgan fingerprint density at radius 2 is 1.50 bits per heavy atom. The predicted molar refractivity (Wildman–Crippen MR) is 108 cm³/mol. The number of rotatable bonds is 8. The van der Waals surface area contributed by atoms with Crippen molar-refractivity contribution in [3.05, 3.63) is 48.0 Å². The van der Waals surface area contributed by atoms with Crippen LogP contribution in [0.2, 0.25) is 0 Å². The average Bonchev–Trinajstić information content (AvgIpc) is 3.17. The second-order valence-corrected chi connectivity index (χ2v) is 6.65. The van der Waals surface area contributed by atoms with Crippen LogP contribution in [0.4, 0.5) is 13.2 Å². The fourth-order valence-electron chi connectivity index (χ4n) is 3.30. The predicted octanol–water partition coefficient (Wildman–Crippen LogP) is 5.46. The van der Waals surface area contributed by atoms with E-state index in [4.69, 9.17) is 14.2 Å². The van der Waals surface area contributed by atoms with Crippen LogP contribution in [-0.4, -0.2) is 30.9 Å². The van der Waals surface area contributed by atoms with Crippen molar-refractivity contribution in [2.75, 3.05) is 21.3 Å². The monoisotopic (exact) mass is 420 g/mol. The van der Waals surface area contributed by atoms with E-state index in [1.807, 2.05) is 6.92 Å². The van der Waals surface area contributed by atoms with E-state index in [-0.39, 0.29) is 5.56 Å². The largest absolute Gasteiger partial charge is 0.493 e. The number of methoxy groups -OCH3 is 3. The third kappa shape index (κ3) is 3.94. The van der Waals surface area contributed by atoms with Crippen LogP contribution in [0.3, 0.4) is 0 Å². The van der Waals surface area contributed by atoms with Crippen molar-refractivity contribution in [3.63, 3.8) is 0 Å². The SMILES string of the molecule is CCCCn1cnc(-c2cc(OC)c(OC)c(OC)c2)c1-c1cc(F)c(F)cc1F. The molecule has 1 aromatic heterocycles. The fourth-order valence-corrected chi connectivity index (χ4v) is 3.30. The maximum atomic E-state index is 14.7. The number of unbranched alkanes of at least 4 members (excludes halogenated alkanes) is 1. The molecule has 0 aliphatic heterocycles. The smallest absolute Gasteiger partial charge is 0.203 e. The number of hydrogen-bond acceptors (Lipinski definition) is 4. The quantitative estimate of drug-likeness (QED) is 0.454. The summed E-state index contributed by atoms with van der Waals surface area (Å²) < 4.78 is 60.1. The Kier molecular flexibility index (Phi) is 6.54. The summed E-state index contributed by atoms with van der Waals surface area (Å²) in [6.07, 6.45) is 3.27. The zero-order valence-corrected chi connectivity index (χ0v) is 17.3. The van der Waals surface area contributed by atoms with E-state index in [1.165, 1.54) is 21.3 Å². The molecule has 2 aromatic carbocycles. The number of imidazole rings is 1. The molecular weight excluding hydrogens is 397 g/mol. The lowest BCUT2D eigenvalue weighted by Crippen LogP contribution is -2.02. The van der Waals surface area contributed by atoms with E-state index >= 15 is 0 Å². The third-order valence-corrected chi connectivity index (χ3v) is 4.79. The van der Waals surface area contributed by atoms with Gasteiger partial charge < -0.3 is 18.8 Å². The minimum absolute atomic E-state index is 0.0775. The van der Waals surface area contributed by atoms with Gasteiger partial charge in [-0.25, -0.2) is 18.2 Å². The highest BCUT2D eigenvalue weighted by atomic mass is 19.2. The van der Waals surface area contributed by atoms with Gasteiger partial charge in [-0.1, -0.05) is 13.3 Å². The van der Waals surface area contributed by atoms with Gasteiger partial charge in [-0.05, 0) is 24.6 Å². The van der Waals surface area contributed by atoms with Gasteiger partial charge in [0.05, 0.1) is 39.0 Å². The van der Waals surface area contributed by atoms with Crippen LogP contribution in [-0.2, 0) is 6.54 Å². The first-order chi connectivity index (χ1) is 14.4. The van der Waals surface area contributed by atoms with Gasteiger partial charge in [-0.3, -0.25) is 0 Å². The molecule has 30 heavy (non-hydrogen) atoms. The van der Waals surface area contributed by atoms with Crippen LogP contribution in [0.25, 0.3) is 22.5 Å². The van der Waals surface area contributed by atoms with Crippen molar-refractivity contribution in [2.24, 2.45) is 0 Å². The van der Waals surface area contributed by atoms with Crippen molar-refractivity contribution >= 4 is 0 Å². The molecule has 160 valence electrons. The summed E-state index contributed by atoms with van der Waals surface area (Å²) in [7, 11) is 4.45. The summed E-state index contributed by atoms with van der Waals surface area (Å²) in [5, 5.41) is 0. The van der Waals surface area contributed by atoms with Crippen LogP contribution in [0, 0.1) is 17.5 Å². The first-order valence-electron chi connectivity index (χ1n) is 9.45. The number of benzene rings is 2. The van der Waals surface area contributed by atoms with Gasteiger partial charge in [0.15, 0.2) is 23.1 Å². The zero-order valence-electron chi connectivity index (χ0n) is 17.3. The second kappa shape index (κ2) is 9.11. The van der Waals surface area contributed by atoms with E-state index in [9.17, 15) is 13.2 Å². The molecule has 3 aromatic rings. The number of aryl methyl sites for hydroxylation is 1. The lowest BCUT2D eigenvalue weighted by molar-refractivity contribution is 0.324. The minimum Gasteiger partial charge on any atom is -0.493 e. The highest BCUT2D eigenvalue weighted by Crippen LogP contribution is 2.43. The summed E-state index contributed by atoms with van der Waals surface area (Å²) >= 11 is 0. The van der Waals surface area contributed by atoms with Crippen molar-refractivity contribution in [1.29, 1.82) is 0 Å². The molecule has 0 N–H and O–H groups in total. The molecule has 0 fully saturated rings. The summed E-state index contributed by atoms with van der Waals surface area (Å²) in [6, 6.07) is 4.75. The molecule has 0 radical (unpaired) electrons. The van der Waals surface area contributed by atoms with Gasteiger partial charge >= 0.3 is 0 Å². The van der Waals surface area contributed by atoms with Gasteiger partial charge in [0.25, 0.3) is 0 Å². The first-order valence-corrected chi connectivity index (χ1v) is 9.45. The van der Waals surface area contributed by atoms with E-state index < -0.39 is 17.5 Å². The Balaban J connectivity index is 2.27. The van der Waals surface area contributed by atoms with Crippen LogP contribution in [0.15, 0.2) is 30.6 Å². The minimum atomic E-state index is -1.25. The van der Waals surface area contributed by atoms with Crippen LogP contribution >= 0.6 is 0 Å². The maximum absolute atomic E-state index is 14.7. The highest BCUT2D eigenvalue weighted by Gasteiger charge is 2.23. The summed E-state index contributed by atoms with van der Waals surface area (Å²) in [6.45, 7) is 2.57. The second-order valence-electron chi connectivity index (χ2n) is 6.65. The maximum Gasteiger partial charge on any atom is 0.203 e. The standard InChI is InChI=1S/C22H23F3N2O3/c1-5-6-7-27-12-26-20(21(27)14-10-16(24)17(25)11-15(14)23)13-8-18(28-2)22(30-4)19(9-13)29-3/h8-12H,5-7H2,1-4H3. The van der Waals surface area contributed by atoms with Gasteiger partial charge in [-0.15, -0.1) is 0 Å². The number of nitrogens with zero attached hydrogens (tertiary/aromatic N) is 2. The lowest BCUT2D eigenvalue weighted by Gasteiger charge is -2.15. The molecule has 0 saturated carbocycles. The molecule has 0 unspecified atom stereocenters. The third-order valence-electron chi connectivity index (χ3n) is 4.79. The number of halogens is 3. The molecule has 0 bridgehead atoms. The van der Waals surface area contributed by atoms with Gasteiger partial charge in [-0.2, -0.15) is 0 Å². The van der Waals surface area contributed by atoms with Crippen molar-refractivity contribution in [1.82, 2.24) is 9.55 Å². The van der Waals surface area contributed by atoms with Gasteiger partial charge in [0.2, 0.25) is 5.75 Å². The molecule has 0 aliphatic rings. The normalized spacial score (nSPS) is 10.9. The Morgan fingerprint density at radius 3 is 2.07 bits per heavy atom. The molecule has 3 rings (SSSR count). The van der Waals surface area contributed by atoms with Crippen molar-refractivity contribution < 1.29 is 27.4 Å². The Bertz CT molecular complexity index is 1030. The summed E-state index contributed by atoms with van der Waals surface area (Å²) in [5.41, 5.74) is 1.20. The van der Waals surface area contributed by atoms with Crippen molar-refractivity contribution in [2.45, 2.75) is 26.3 Å². The average molecular weight is 420 g/mol. The van der Waals surface area contributed by atoms with Gasteiger partial charge in [0, 0.05) is 23.7 Å². The summed E-state index contributed by atoms with van der Waals surface area (Å²) in [4.78, 5) is 4.44. The summed E-state index contributed by atoms with van der Waals surface area (Å²) in [5.74, 6) is -2.07. The van der Waals surface area contributed by atoms with Crippen LogP contribution < -0.4 is 14.2 Å². The van der Waals surface area contributed by atoms with E-state index in [0.717, 1.165) is 18.9 Å². The first kappa shape index (κ1) is 21.5. The lowest BCUT2D eigenvalue weighted by atomic mass is 10.0. The molecule has 8 heteroatoms. The van der Waals surface area contributed by atoms with Crippen LogP contribution in [0.1, 0.15) is 19.8 Å². The Morgan fingerprint density at radius 1 is 0.867 bits per heavy atom. The van der Waals surface area contributed by atoms with Crippen molar-refractivity contribution in [3.8, 4) is 39.8 Å². The molecule has 0 amide bonds. The Labute approximate surface area is 173 Å². The fraction of sp³-hybridized carbons (Fsp3) is 0.318. The van der Waals surface area contributed by atoms with E-state index in [1.54, 1.807) is 23.0 Å². The molecular formula is C22H23F3N2O3. The zero-order chi connectivity index (χ0) is 21.8. The number of hydrogen-bond donors (Lipinski definition) is 0. The van der Waals surface area contributed by atoms with E-state index in [2.05, 4.69) is 4.98 Å². The van der Waals surface area contributed by atoms with E-state index in [0.29, 0.717) is 46.8 Å². The molecule has 0 aliphatic carbocycles. The number of aromatic nitrogens is 2. The molecule has 0 spiro atoms.